The topological polar surface area (TPSA) is 71.7 Å². The maximum absolute atomic E-state index is 13.0. The number of nitrogens with one attached hydrogen (secondary N) is 2. The van der Waals surface area contributed by atoms with E-state index in [9.17, 15) is 9.59 Å². The first kappa shape index (κ1) is 23.1. The van der Waals surface area contributed by atoms with Gasteiger partial charge in [0.05, 0.1) is 0 Å². The molecule has 2 saturated heterocycles. The summed E-state index contributed by atoms with van der Waals surface area (Å²) in [5.74, 6) is 0.426. The SMILES string of the molecule is CC(C(=O)NCCN1CCN(C)CC1)C1CCN(C(=O)c2cc3cc(Cl)ccc3[nH]2)CC1. The Balaban J connectivity index is 1.22. The monoisotopic (exact) mass is 459 g/mol. The molecule has 1 aromatic heterocycles. The summed E-state index contributed by atoms with van der Waals surface area (Å²) in [6.45, 7) is 9.31. The number of fused-ring (bicyclic) bond motifs is 1. The standard InChI is InChI=1S/C24H34ClN5O2/c1-17(23(31)26-7-10-29-13-11-28(2)12-14-29)18-5-8-30(9-6-18)24(32)22-16-19-15-20(25)3-4-21(19)27-22/h3-4,15-18,27H,5-14H2,1-2H3,(H,26,31). The van der Waals surface area contributed by atoms with Crippen LogP contribution in [0.15, 0.2) is 24.3 Å². The van der Waals surface area contributed by atoms with Crippen molar-refractivity contribution in [2.75, 3.05) is 59.4 Å². The van der Waals surface area contributed by atoms with Crippen molar-refractivity contribution in [3.8, 4) is 0 Å². The lowest BCUT2D eigenvalue weighted by atomic mass is 9.84. The fraction of sp³-hybridized carbons (Fsp3) is 0.583. The highest BCUT2D eigenvalue weighted by atomic mass is 35.5. The van der Waals surface area contributed by atoms with Crippen molar-refractivity contribution in [1.82, 2.24) is 25.0 Å². The van der Waals surface area contributed by atoms with Crippen molar-refractivity contribution in [3.05, 3.63) is 35.0 Å². The summed E-state index contributed by atoms with van der Waals surface area (Å²) in [7, 11) is 2.15. The van der Waals surface area contributed by atoms with E-state index in [0.29, 0.717) is 36.3 Å². The van der Waals surface area contributed by atoms with Gasteiger partial charge in [0.1, 0.15) is 5.69 Å². The average Bonchev–Trinajstić information content (AvgIpc) is 3.22. The Bertz CT molecular complexity index is 945. The van der Waals surface area contributed by atoms with E-state index < -0.39 is 0 Å². The molecule has 1 atom stereocenters. The molecule has 7 nitrogen and oxygen atoms in total. The van der Waals surface area contributed by atoms with Gasteiger partial charge < -0.3 is 20.1 Å². The van der Waals surface area contributed by atoms with E-state index >= 15 is 0 Å². The smallest absolute Gasteiger partial charge is 0.270 e. The quantitative estimate of drug-likeness (QED) is 0.696. The van der Waals surface area contributed by atoms with E-state index in [4.69, 9.17) is 11.6 Å². The van der Waals surface area contributed by atoms with Gasteiger partial charge in [0.15, 0.2) is 0 Å². The first-order chi connectivity index (χ1) is 15.4. The third kappa shape index (κ3) is 5.45. The highest BCUT2D eigenvalue weighted by Crippen LogP contribution is 2.27. The lowest BCUT2D eigenvalue weighted by Gasteiger charge is -2.34. The number of aromatic nitrogens is 1. The van der Waals surface area contributed by atoms with Crippen LogP contribution >= 0.6 is 11.6 Å². The molecule has 2 aliphatic rings. The summed E-state index contributed by atoms with van der Waals surface area (Å²) in [6.07, 6.45) is 1.70. The first-order valence-electron chi connectivity index (χ1n) is 11.7. The van der Waals surface area contributed by atoms with Gasteiger partial charge in [-0.1, -0.05) is 18.5 Å². The molecule has 2 aliphatic heterocycles. The molecular weight excluding hydrogens is 426 g/mol. The van der Waals surface area contributed by atoms with Crippen LogP contribution in [0, 0.1) is 11.8 Å². The number of likely N-dealkylation sites (tertiary alicyclic amines) is 1. The molecule has 2 amide bonds. The van der Waals surface area contributed by atoms with Crippen LogP contribution in [0.3, 0.4) is 0 Å². The summed E-state index contributed by atoms with van der Waals surface area (Å²) >= 11 is 6.06. The number of carbonyl (C=O) groups is 2. The van der Waals surface area contributed by atoms with Crippen molar-refractivity contribution in [2.45, 2.75) is 19.8 Å². The number of rotatable bonds is 6. The number of piperidine rings is 1. The summed E-state index contributed by atoms with van der Waals surface area (Å²) in [6, 6.07) is 7.44. The molecule has 174 valence electrons. The third-order valence-electron chi connectivity index (χ3n) is 7.08. The van der Waals surface area contributed by atoms with Gasteiger partial charge in [0, 0.05) is 74.2 Å². The molecule has 8 heteroatoms. The Labute approximate surface area is 195 Å². The molecule has 3 heterocycles. The summed E-state index contributed by atoms with van der Waals surface area (Å²) in [5, 5.41) is 4.73. The van der Waals surface area contributed by atoms with E-state index in [0.717, 1.165) is 56.5 Å². The largest absolute Gasteiger partial charge is 0.355 e. The van der Waals surface area contributed by atoms with Crippen LogP contribution in [0.1, 0.15) is 30.3 Å². The number of halogens is 1. The number of nitrogens with zero attached hydrogens (tertiary/aromatic N) is 3. The summed E-state index contributed by atoms with van der Waals surface area (Å²) in [5.41, 5.74) is 1.50. The molecule has 4 rings (SSSR count). The van der Waals surface area contributed by atoms with Crippen LogP contribution < -0.4 is 5.32 Å². The predicted molar refractivity (Wildman–Crippen MR) is 128 cm³/mol. The minimum absolute atomic E-state index is 0.0139. The zero-order valence-electron chi connectivity index (χ0n) is 19.1. The number of amides is 2. The number of hydrogen-bond donors (Lipinski definition) is 2. The fourth-order valence-corrected chi connectivity index (χ4v) is 4.96. The molecule has 0 aliphatic carbocycles. The van der Waals surface area contributed by atoms with Gasteiger partial charge >= 0.3 is 0 Å². The maximum atomic E-state index is 13.0. The molecular formula is C24H34ClN5O2. The zero-order chi connectivity index (χ0) is 22.7. The average molecular weight is 460 g/mol. The molecule has 0 bridgehead atoms. The molecule has 0 spiro atoms. The second-order valence-corrected chi connectivity index (χ2v) is 9.71. The van der Waals surface area contributed by atoms with Crippen LogP contribution in [-0.2, 0) is 4.79 Å². The van der Waals surface area contributed by atoms with Crippen LogP contribution in [-0.4, -0.2) is 90.9 Å². The Morgan fingerprint density at radius 2 is 1.84 bits per heavy atom. The number of aromatic amines is 1. The van der Waals surface area contributed by atoms with Crippen LogP contribution in [0.5, 0.6) is 0 Å². The summed E-state index contributed by atoms with van der Waals surface area (Å²) < 4.78 is 0. The zero-order valence-corrected chi connectivity index (χ0v) is 19.8. The lowest BCUT2D eigenvalue weighted by Crippen LogP contribution is -2.48. The van der Waals surface area contributed by atoms with Crippen molar-refractivity contribution in [3.63, 3.8) is 0 Å². The van der Waals surface area contributed by atoms with Gasteiger partial charge in [-0.25, -0.2) is 0 Å². The third-order valence-corrected chi connectivity index (χ3v) is 7.32. The molecule has 1 unspecified atom stereocenters. The number of likely N-dealkylation sites (N-methyl/N-ethyl adjacent to an activating group) is 1. The van der Waals surface area contributed by atoms with E-state index in [1.54, 1.807) is 0 Å². The van der Waals surface area contributed by atoms with Crippen molar-refractivity contribution in [2.24, 2.45) is 11.8 Å². The van der Waals surface area contributed by atoms with Gasteiger partial charge in [-0.15, -0.1) is 0 Å². The van der Waals surface area contributed by atoms with Gasteiger partial charge in [-0.05, 0) is 50.1 Å². The molecule has 0 saturated carbocycles. The van der Waals surface area contributed by atoms with Crippen LogP contribution in [0.2, 0.25) is 5.02 Å². The summed E-state index contributed by atoms with van der Waals surface area (Å²) in [4.78, 5) is 35.5. The Morgan fingerprint density at radius 3 is 2.56 bits per heavy atom. The molecule has 32 heavy (non-hydrogen) atoms. The van der Waals surface area contributed by atoms with Gasteiger partial charge in [-0.2, -0.15) is 0 Å². The normalized spacial score (nSPS) is 19.9. The Kier molecular flexibility index (Phi) is 7.38. The molecule has 1 aromatic carbocycles. The highest BCUT2D eigenvalue weighted by molar-refractivity contribution is 6.31. The minimum atomic E-state index is -0.0324. The number of H-pyrrole nitrogens is 1. The predicted octanol–water partition coefficient (Wildman–Crippen LogP) is 2.67. The van der Waals surface area contributed by atoms with Crippen molar-refractivity contribution in [1.29, 1.82) is 0 Å². The van der Waals surface area contributed by atoms with Gasteiger partial charge in [0.2, 0.25) is 5.91 Å². The Morgan fingerprint density at radius 1 is 1.12 bits per heavy atom. The van der Waals surface area contributed by atoms with Crippen molar-refractivity contribution >= 4 is 34.3 Å². The second-order valence-electron chi connectivity index (χ2n) is 9.27. The maximum Gasteiger partial charge on any atom is 0.270 e. The van der Waals surface area contributed by atoms with Crippen LogP contribution in [0.4, 0.5) is 0 Å². The van der Waals surface area contributed by atoms with E-state index in [2.05, 4.69) is 27.1 Å². The fourth-order valence-electron chi connectivity index (χ4n) is 4.78. The molecule has 0 radical (unpaired) electrons. The molecule has 2 fully saturated rings. The van der Waals surface area contributed by atoms with Crippen LogP contribution in [0.25, 0.3) is 10.9 Å². The number of benzene rings is 1. The second kappa shape index (κ2) is 10.2. The minimum Gasteiger partial charge on any atom is -0.355 e. The Hall–Kier alpha value is -2.09. The highest BCUT2D eigenvalue weighted by Gasteiger charge is 2.30. The van der Waals surface area contributed by atoms with E-state index in [1.807, 2.05) is 36.1 Å². The number of piperazine rings is 1. The molecule has 2 N–H and O–H groups in total. The van der Waals surface area contributed by atoms with Crippen molar-refractivity contribution < 1.29 is 9.59 Å². The van der Waals surface area contributed by atoms with E-state index in [-0.39, 0.29) is 17.7 Å². The van der Waals surface area contributed by atoms with Gasteiger partial charge in [0.25, 0.3) is 5.91 Å². The number of carbonyl (C=O) groups excluding carboxylic acids is 2. The van der Waals surface area contributed by atoms with Gasteiger partial charge in [-0.3, -0.25) is 14.5 Å². The first-order valence-corrected chi connectivity index (χ1v) is 12.0. The number of hydrogen-bond acceptors (Lipinski definition) is 4. The lowest BCUT2D eigenvalue weighted by molar-refractivity contribution is -0.126. The van der Waals surface area contributed by atoms with E-state index in [1.165, 1.54) is 0 Å². The molecule has 2 aromatic rings.